The number of nitrogens with two attached hydrogens (primary N) is 1. The molecule has 3 N–H and O–H groups in total. The van der Waals surface area contributed by atoms with E-state index < -0.39 is 0 Å². The number of imidazole rings is 1. The van der Waals surface area contributed by atoms with Gasteiger partial charge in [-0.05, 0) is 147 Å². The van der Waals surface area contributed by atoms with Crippen LogP contribution in [0.15, 0.2) is 146 Å². The molecule has 1 aromatic heterocycles. The van der Waals surface area contributed by atoms with E-state index in [1.54, 1.807) is 31.4 Å². The fourth-order valence-electron chi connectivity index (χ4n) is 6.77. The molecule has 9 nitrogen and oxygen atoms in total. The summed E-state index contributed by atoms with van der Waals surface area (Å²) in [5.74, 6) is 3.49. The van der Waals surface area contributed by atoms with Crippen LogP contribution in [0.2, 0.25) is 0 Å². The number of nitrogen functional groups attached to an aromatic ring is 1. The molecule has 304 valence electrons. The Labute approximate surface area is 343 Å². The number of aromatic nitrogens is 2. The molecule has 2 fully saturated rings. The zero-order chi connectivity index (χ0) is 40.8. The van der Waals surface area contributed by atoms with Crippen LogP contribution in [0.5, 0.6) is 23.0 Å². The highest BCUT2D eigenvalue weighted by molar-refractivity contribution is 5.78. The van der Waals surface area contributed by atoms with Crippen LogP contribution < -0.4 is 20.5 Å². The molecule has 2 aliphatic heterocycles. The van der Waals surface area contributed by atoms with Gasteiger partial charge in [0.2, 0.25) is 0 Å². The Balaban J connectivity index is 0.000000155. The van der Waals surface area contributed by atoms with Gasteiger partial charge in [0.15, 0.2) is 0 Å². The van der Waals surface area contributed by atoms with Gasteiger partial charge in [-0.15, -0.1) is 0 Å². The lowest BCUT2D eigenvalue weighted by atomic mass is 9.99. The van der Waals surface area contributed by atoms with Crippen LogP contribution in [-0.4, -0.2) is 49.2 Å². The molecule has 0 bridgehead atoms. The quantitative estimate of drug-likeness (QED) is 0.139. The van der Waals surface area contributed by atoms with Crippen LogP contribution in [0.25, 0.3) is 16.7 Å². The van der Waals surface area contributed by atoms with Crippen molar-refractivity contribution in [3.05, 3.63) is 163 Å². The minimum Gasteiger partial charge on any atom is -0.457 e. The van der Waals surface area contributed by atoms with Crippen molar-refractivity contribution >= 4 is 28.1 Å². The van der Waals surface area contributed by atoms with Crippen molar-refractivity contribution in [2.75, 3.05) is 44.6 Å². The summed E-state index contributed by atoms with van der Waals surface area (Å²) in [6.07, 6.45) is 4.56. The summed E-state index contributed by atoms with van der Waals surface area (Å²) in [5.41, 5.74) is 11.5. The van der Waals surface area contributed by atoms with Gasteiger partial charge in [0.1, 0.15) is 40.5 Å². The number of methoxy groups -OCH3 is 1. The number of hydrogen-bond acceptors (Lipinski definition) is 8. The van der Waals surface area contributed by atoms with Crippen LogP contribution in [0, 0.1) is 11.6 Å². The molecule has 2 saturated heterocycles. The van der Waals surface area contributed by atoms with Gasteiger partial charge in [0.25, 0.3) is 0 Å². The molecule has 9 rings (SSSR count). The number of fused-ring (bicyclic) bond motifs is 1. The third-order valence-corrected chi connectivity index (χ3v) is 9.96. The van der Waals surface area contributed by atoms with Crippen LogP contribution in [-0.2, 0) is 14.2 Å². The molecule has 0 aliphatic carbocycles. The molecule has 59 heavy (non-hydrogen) atoms. The molecule has 3 heterocycles. The molecular weight excluding hydrogens is 751 g/mol. The van der Waals surface area contributed by atoms with E-state index in [0.29, 0.717) is 40.7 Å². The number of hydrogen-bond donors (Lipinski definition) is 2. The first-order chi connectivity index (χ1) is 28.9. The van der Waals surface area contributed by atoms with Gasteiger partial charge in [-0.2, -0.15) is 0 Å². The van der Waals surface area contributed by atoms with Crippen molar-refractivity contribution in [1.29, 1.82) is 0 Å². The Bertz CT molecular complexity index is 2340. The van der Waals surface area contributed by atoms with E-state index >= 15 is 0 Å². The summed E-state index contributed by atoms with van der Waals surface area (Å²) in [7, 11) is 1.76. The van der Waals surface area contributed by atoms with Crippen molar-refractivity contribution in [1.82, 2.24) is 9.55 Å². The third kappa shape index (κ3) is 11.4. The van der Waals surface area contributed by atoms with Gasteiger partial charge in [-0.1, -0.05) is 24.3 Å². The van der Waals surface area contributed by atoms with E-state index in [9.17, 15) is 8.78 Å². The first kappa shape index (κ1) is 40.9. The van der Waals surface area contributed by atoms with Crippen LogP contribution in [0.4, 0.5) is 25.8 Å². The first-order valence-corrected chi connectivity index (χ1v) is 19.8. The zero-order valence-corrected chi connectivity index (χ0v) is 32.9. The molecule has 2 aliphatic rings. The standard InChI is InChI=1S/C24H21FN2O2.C18H15FN2O.C6H12O2/c25-18-5-9-20(10-6-18)29-21-11-7-19(8-12-21)27-23-4-2-1-3-22(23)26-24(27)17-13-15-28-16-14-17;19-13-5-9-15(10-6-13)22-16-11-7-14(8-12-16)21-18-4-2-1-3-17(18)20;1-7-6-2-4-8-5-3-6/h1-12,17H,13-16H2;1-12,21H,20H2;6H,2-5H2,1H3. The Morgan fingerprint density at radius 2 is 1.10 bits per heavy atom. The number of anilines is 3. The number of benzene rings is 6. The van der Waals surface area contributed by atoms with E-state index in [-0.39, 0.29) is 11.6 Å². The van der Waals surface area contributed by atoms with Crippen LogP contribution >= 0.6 is 0 Å². The van der Waals surface area contributed by atoms with Crippen LogP contribution in [0.3, 0.4) is 0 Å². The smallest absolute Gasteiger partial charge is 0.127 e. The highest BCUT2D eigenvalue weighted by Crippen LogP contribution is 2.33. The van der Waals surface area contributed by atoms with Gasteiger partial charge in [0.05, 0.1) is 28.5 Å². The lowest BCUT2D eigenvalue weighted by Crippen LogP contribution is -2.21. The number of nitrogens with zero attached hydrogens (tertiary/aromatic N) is 2. The Morgan fingerprint density at radius 3 is 1.64 bits per heavy atom. The van der Waals surface area contributed by atoms with Crippen molar-refractivity contribution < 1.29 is 32.5 Å². The molecule has 0 unspecified atom stereocenters. The number of ether oxygens (including phenoxy) is 5. The maximum absolute atomic E-state index is 13.1. The van der Waals surface area contributed by atoms with E-state index in [1.165, 1.54) is 24.3 Å². The highest BCUT2D eigenvalue weighted by atomic mass is 19.1. The first-order valence-electron chi connectivity index (χ1n) is 19.8. The second-order valence-electron chi connectivity index (χ2n) is 14.1. The zero-order valence-electron chi connectivity index (χ0n) is 32.9. The summed E-state index contributed by atoms with van der Waals surface area (Å²) in [6.45, 7) is 3.30. The number of para-hydroxylation sites is 4. The van der Waals surface area contributed by atoms with Crippen molar-refractivity contribution in [3.8, 4) is 28.7 Å². The maximum Gasteiger partial charge on any atom is 0.127 e. The van der Waals surface area contributed by atoms with Gasteiger partial charge in [0, 0.05) is 50.8 Å². The maximum atomic E-state index is 13.1. The molecular formula is C48H48F2N4O5. The summed E-state index contributed by atoms with van der Waals surface area (Å²) in [4.78, 5) is 4.95. The molecule has 11 heteroatoms. The van der Waals surface area contributed by atoms with Crippen molar-refractivity contribution in [2.24, 2.45) is 0 Å². The molecule has 7 aromatic rings. The fraction of sp³-hybridized carbons (Fsp3) is 0.229. The molecule has 6 aromatic carbocycles. The van der Waals surface area contributed by atoms with E-state index in [0.717, 1.165) is 86.0 Å². The average Bonchev–Trinajstić information content (AvgIpc) is 3.68. The minimum absolute atomic E-state index is 0.277. The fourth-order valence-corrected chi connectivity index (χ4v) is 6.77. The number of nitrogens with one attached hydrogen (secondary N) is 1. The van der Waals surface area contributed by atoms with Gasteiger partial charge < -0.3 is 34.7 Å². The Kier molecular flexibility index (Phi) is 14.2. The predicted octanol–water partition coefficient (Wildman–Crippen LogP) is 11.6. The topological polar surface area (TPSA) is 102 Å². The molecule has 0 radical (unpaired) electrons. The third-order valence-electron chi connectivity index (χ3n) is 9.96. The van der Waals surface area contributed by atoms with E-state index in [4.69, 9.17) is 34.4 Å². The SMILES string of the molecule is COC1CCOCC1.Fc1ccc(Oc2ccc(-n3c(C4CCOCC4)nc4ccccc43)cc2)cc1.Nc1ccccc1Nc1ccc(Oc2ccc(F)cc2)cc1. The molecule has 0 spiro atoms. The minimum atomic E-state index is -0.285. The second kappa shape index (κ2) is 20.4. The number of halogens is 2. The largest absolute Gasteiger partial charge is 0.457 e. The van der Waals surface area contributed by atoms with Crippen LogP contribution in [0.1, 0.15) is 37.4 Å². The molecule has 0 amide bonds. The highest BCUT2D eigenvalue weighted by Gasteiger charge is 2.23. The van der Waals surface area contributed by atoms with E-state index in [1.807, 2.05) is 84.9 Å². The molecule has 0 atom stereocenters. The van der Waals surface area contributed by atoms with Crippen molar-refractivity contribution in [2.45, 2.75) is 37.7 Å². The Hall–Kier alpha value is -6.27. The monoisotopic (exact) mass is 798 g/mol. The predicted molar refractivity (Wildman–Crippen MR) is 228 cm³/mol. The average molecular weight is 799 g/mol. The van der Waals surface area contributed by atoms with E-state index in [2.05, 4.69) is 22.0 Å². The van der Waals surface area contributed by atoms with Crippen molar-refractivity contribution in [3.63, 3.8) is 0 Å². The normalized spacial score (nSPS) is 14.4. The molecule has 0 saturated carbocycles. The summed E-state index contributed by atoms with van der Waals surface area (Å²) in [6, 6.07) is 43.1. The lowest BCUT2D eigenvalue weighted by Gasteiger charge is -2.22. The summed E-state index contributed by atoms with van der Waals surface area (Å²) < 4.78 is 55.4. The van der Waals surface area contributed by atoms with Gasteiger partial charge in [-0.3, -0.25) is 4.57 Å². The summed E-state index contributed by atoms with van der Waals surface area (Å²) >= 11 is 0. The lowest BCUT2D eigenvalue weighted by molar-refractivity contribution is -0.00998. The Morgan fingerprint density at radius 1 is 0.610 bits per heavy atom. The van der Waals surface area contributed by atoms with Gasteiger partial charge >= 0.3 is 0 Å². The second-order valence-corrected chi connectivity index (χ2v) is 14.1. The summed E-state index contributed by atoms with van der Waals surface area (Å²) in [5, 5.41) is 3.24. The van der Waals surface area contributed by atoms with Gasteiger partial charge in [-0.25, -0.2) is 13.8 Å². The number of rotatable bonds is 9.